The number of hydrogen-bond acceptors (Lipinski definition) is 6. The third-order valence-corrected chi connectivity index (χ3v) is 8.22. The molecule has 2 aliphatic heterocycles. The summed E-state index contributed by atoms with van der Waals surface area (Å²) in [5.74, 6) is -0.685. The summed E-state index contributed by atoms with van der Waals surface area (Å²) < 4.78 is 23.6. The summed E-state index contributed by atoms with van der Waals surface area (Å²) in [5.41, 5.74) is 2.12. The lowest BCUT2D eigenvalue weighted by Gasteiger charge is -2.39. The summed E-state index contributed by atoms with van der Waals surface area (Å²) in [6, 6.07) is 4.69. The topological polar surface area (TPSA) is 123 Å². The lowest BCUT2D eigenvalue weighted by molar-refractivity contribution is -0.144. The second-order valence-corrected chi connectivity index (χ2v) is 11.2. The Kier molecular flexibility index (Phi) is 6.28. The molecule has 0 bridgehead atoms. The van der Waals surface area contributed by atoms with Gasteiger partial charge in [-0.25, -0.2) is 8.42 Å². The van der Waals surface area contributed by atoms with Crippen LogP contribution in [0.2, 0.25) is 0 Å². The van der Waals surface area contributed by atoms with Gasteiger partial charge in [-0.1, -0.05) is 19.9 Å². The molecule has 1 amide bonds. The molecule has 1 aromatic heterocycles. The van der Waals surface area contributed by atoms with Gasteiger partial charge in [-0.2, -0.15) is 0 Å². The van der Waals surface area contributed by atoms with Crippen LogP contribution >= 0.6 is 0 Å². The Morgan fingerprint density at radius 3 is 2.50 bits per heavy atom. The largest absolute Gasteiger partial charge is 0.480 e. The number of piperazine rings is 1. The summed E-state index contributed by atoms with van der Waals surface area (Å²) >= 11 is 0. The maximum atomic E-state index is 12.2. The van der Waals surface area contributed by atoms with Crippen LogP contribution in [0.15, 0.2) is 24.4 Å². The highest BCUT2D eigenvalue weighted by Crippen LogP contribution is 2.31. The highest BCUT2D eigenvalue weighted by Gasteiger charge is 2.37. The van der Waals surface area contributed by atoms with Crippen LogP contribution in [0, 0.1) is 5.92 Å². The number of anilines is 1. The van der Waals surface area contributed by atoms with Crippen molar-refractivity contribution in [3.63, 3.8) is 0 Å². The monoisotopic (exact) mass is 462 g/mol. The number of carbonyl (C=O) groups is 2. The highest BCUT2D eigenvalue weighted by atomic mass is 32.2. The zero-order valence-electron chi connectivity index (χ0n) is 18.4. The van der Waals surface area contributed by atoms with E-state index in [1.807, 2.05) is 30.9 Å². The quantitative estimate of drug-likeness (QED) is 0.597. The van der Waals surface area contributed by atoms with E-state index in [0.717, 1.165) is 10.9 Å². The van der Waals surface area contributed by atoms with Gasteiger partial charge in [-0.15, -0.1) is 0 Å². The number of carboxylic acid groups (broad SMARTS) is 1. The van der Waals surface area contributed by atoms with Gasteiger partial charge in [0.05, 0.1) is 11.5 Å². The number of carbonyl (C=O) groups excluding carboxylic acids is 1. The number of aromatic nitrogens is 1. The number of rotatable bonds is 6. The van der Waals surface area contributed by atoms with Crippen LogP contribution in [-0.2, 0) is 19.4 Å². The van der Waals surface area contributed by atoms with Crippen molar-refractivity contribution in [2.45, 2.75) is 32.4 Å². The first-order valence-electron chi connectivity index (χ1n) is 11.0. The van der Waals surface area contributed by atoms with Crippen molar-refractivity contribution in [3.05, 3.63) is 30.0 Å². The van der Waals surface area contributed by atoms with E-state index in [4.69, 9.17) is 0 Å². The van der Waals surface area contributed by atoms with E-state index in [1.165, 1.54) is 0 Å². The van der Waals surface area contributed by atoms with Gasteiger partial charge in [-0.3, -0.25) is 19.4 Å². The SMILES string of the molecule is CC(C)C(=O)Nc1ccc2c([C@@H](C(=O)O)N3CCN([C@@H]4CCS(=O)(=O)C4)CC3)c[nH]c2c1. The number of fused-ring (bicyclic) bond motifs is 1. The van der Waals surface area contributed by atoms with E-state index in [0.29, 0.717) is 43.9 Å². The summed E-state index contributed by atoms with van der Waals surface area (Å²) in [7, 11) is -2.94. The first-order valence-corrected chi connectivity index (χ1v) is 12.8. The number of aliphatic carboxylic acids is 1. The van der Waals surface area contributed by atoms with Crippen LogP contribution in [0.5, 0.6) is 0 Å². The lowest BCUT2D eigenvalue weighted by atomic mass is 10.0. The molecular weight excluding hydrogens is 432 g/mol. The second-order valence-electron chi connectivity index (χ2n) is 9.02. The van der Waals surface area contributed by atoms with E-state index in [2.05, 4.69) is 15.2 Å². The number of sulfone groups is 1. The number of carboxylic acids is 1. The normalized spacial score (nSPS) is 22.9. The molecule has 0 radical (unpaired) electrons. The molecule has 9 nitrogen and oxygen atoms in total. The third kappa shape index (κ3) is 4.67. The molecule has 2 atom stereocenters. The van der Waals surface area contributed by atoms with E-state index in [9.17, 15) is 23.1 Å². The lowest BCUT2D eigenvalue weighted by Crippen LogP contribution is -2.52. The number of aromatic amines is 1. The molecule has 2 aliphatic rings. The molecule has 2 aromatic rings. The molecule has 3 heterocycles. The summed E-state index contributed by atoms with van der Waals surface area (Å²) in [5, 5.41) is 13.7. The molecule has 0 saturated carbocycles. The Morgan fingerprint density at radius 2 is 1.91 bits per heavy atom. The minimum absolute atomic E-state index is 0.0398. The van der Waals surface area contributed by atoms with Crippen LogP contribution in [-0.4, -0.2) is 83.9 Å². The van der Waals surface area contributed by atoms with Crippen LogP contribution in [0.1, 0.15) is 31.9 Å². The Balaban J connectivity index is 1.49. The van der Waals surface area contributed by atoms with Gasteiger partial charge in [0.1, 0.15) is 6.04 Å². The average molecular weight is 463 g/mol. The molecule has 0 unspecified atom stereocenters. The Hall–Kier alpha value is -2.43. The van der Waals surface area contributed by atoms with Crippen LogP contribution < -0.4 is 5.32 Å². The molecule has 32 heavy (non-hydrogen) atoms. The van der Waals surface area contributed by atoms with E-state index in [-0.39, 0.29) is 29.4 Å². The fourth-order valence-corrected chi connectivity index (χ4v) is 6.41. The van der Waals surface area contributed by atoms with Crippen molar-refractivity contribution < 1.29 is 23.1 Å². The number of amides is 1. The molecule has 4 rings (SSSR count). The van der Waals surface area contributed by atoms with E-state index in [1.54, 1.807) is 12.3 Å². The van der Waals surface area contributed by atoms with Gasteiger partial charge in [0, 0.05) is 66.5 Å². The van der Waals surface area contributed by atoms with Gasteiger partial charge in [0.15, 0.2) is 9.84 Å². The van der Waals surface area contributed by atoms with Crippen molar-refractivity contribution in [2.75, 3.05) is 43.0 Å². The second kappa shape index (κ2) is 8.84. The summed E-state index contributed by atoms with van der Waals surface area (Å²) in [6.07, 6.45) is 2.39. The third-order valence-electron chi connectivity index (χ3n) is 6.47. The van der Waals surface area contributed by atoms with Crippen LogP contribution in [0.3, 0.4) is 0 Å². The number of hydrogen-bond donors (Lipinski definition) is 3. The van der Waals surface area contributed by atoms with E-state index < -0.39 is 21.8 Å². The Labute approximate surface area is 187 Å². The van der Waals surface area contributed by atoms with Gasteiger partial charge < -0.3 is 15.4 Å². The van der Waals surface area contributed by atoms with Crippen molar-refractivity contribution in [2.24, 2.45) is 5.92 Å². The number of nitrogens with one attached hydrogen (secondary N) is 2. The minimum atomic E-state index is -2.94. The van der Waals surface area contributed by atoms with Crippen LogP contribution in [0.25, 0.3) is 10.9 Å². The molecule has 2 fully saturated rings. The number of benzene rings is 1. The van der Waals surface area contributed by atoms with Crippen molar-refractivity contribution in [1.29, 1.82) is 0 Å². The average Bonchev–Trinajstić information content (AvgIpc) is 3.31. The van der Waals surface area contributed by atoms with Gasteiger partial charge in [0.25, 0.3) is 0 Å². The Morgan fingerprint density at radius 1 is 1.19 bits per heavy atom. The maximum absolute atomic E-state index is 12.2. The van der Waals surface area contributed by atoms with Gasteiger partial charge in [-0.05, 0) is 18.6 Å². The molecule has 0 aliphatic carbocycles. The van der Waals surface area contributed by atoms with E-state index >= 15 is 0 Å². The zero-order chi connectivity index (χ0) is 23.0. The van der Waals surface area contributed by atoms with Crippen molar-refractivity contribution in [3.8, 4) is 0 Å². The molecule has 174 valence electrons. The van der Waals surface area contributed by atoms with Crippen LogP contribution in [0.4, 0.5) is 5.69 Å². The smallest absolute Gasteiger partial charge is 0.325 e. The molecule has 10 heteroatoms. The standard InChI is InChI=1S/C22H30N4O5S/c1-14(2)21(27)24-15-3-4-17-18(12-23-19(17)11-15)20(22(28)29)26-8-6-25(7-9-26)16-5-10-32(30,31)13-16/h3-4,11-12,14,16,20,23H,5-10,13H2,1-2H3,(H,24,27)(H,28,29)/t16-,20+/m1/s1. The minimum Gasteiger partial charge on any atom is -0.480 e. The number of H-pyrrole nitrogens is 1. The molecule has 3 N–H and O–H groups in total. The predicted molar refractivity (Wildman–Crippen MR) is 122 cm³/mol. The highest BCUT2D eigenvalue weighted by molar-refractivity contribution is 7.91. The van der Waals surface area contributed by atoms with Gasteiger partial charge >= 0.3 is 5.97 Å². The predicted octanol–water partition coefficient (Wildman–Crippen LogP) is 1.69. The van der Waals surface area contributed by atoms with Gasteiger partial charge in [0.2, 0.25) is 5.91 Å². The molecule has 1 aromatic carbocycles. The number of nitrogens with zero attached hydrogens (tertiary/aromatic N) is 2. The zero-order valence-corrected chi connectivity index (χ0v) is 19.2. The molecule has 2 saturated heterocycles. The first-order chi connectivity index (χ1) is 15.1. The fourth-order valence-electron chi connectivity index (χ4n) is 4.65. The van der Waals surface area contributed by atoms with Crippen molar-refractivity contribution >= 4 is 38.3 Å². The molecule has 0 spiro atoms. The fraction of sp³-hybridized carbons (Fsp3) is 0.545. The van der Waals surface area contributed by atoms with Crippen molar-refractivity contribution in [1.82, 2.24) is 14.8 Å². The maximum Gasteiger partial charge on any atom is 0.325 e. The summed E-state index contributed by atoms with van der Waals surface area (Å²) in [4.78, 5) is 31.5. The summed E-state index contributed by atoms with van der Waals surface area (Å²) in [6.45, 7) is 6.06. The Bertz CT molecular complexity index is 1120. The first kappa shape index (κ1) is 22.8. The molecular formula is C22H30N4O5S.